The molecule has 2 atom stereocenters. The number of amides is 2. The standard InChI is InChI=1S/C16H15FN2O4/c17-9-3-4-10-11(7-15(21)19-12(10)6-9)16(22)18-8-13(20)14-2-1-5-23-14/h1-6,11,13,20H,7-8H2,(H,18,22)(H,19,21). The Morgan fingerprint density at radius 1 is 1.48 bits per heavy atom. The van der Waals surface area contributed by atoms with Gasteiger partial charge in [-0.25, -0.2) is 4.39 Å². The summed E-state index contributed by atoms with van der Waals surface area (Å²) in [7, 11) is 0. The van der Waals surface area contributed by atoms with E-state index in [2.05, 4.69) is 10.6 Å². The molecule has 1 aromatic heterocycles. The molecule has 120 valence electrons. The van der Waals surface area contributed by atoms with Crippen LogP contribution in [0.25, 0.3) is 0 Å². The van der Waals surface area contributed by atoms with E-state index in [-0.39, 0.29) is 18.9 Å². The predicted molar refractivity (Wildman–Crippen MR) is 79.1 cm³/mol. The fourth-order valence-corrected chi connectivity index (χ4v) is 2.57. The average molecular weight is 318 g/mol. The second-order valence-electron chi connectivity index (χ2n) is 5.31. The van der Waals surface area contributed by atoms with Crippen molar-refractivity contribution in [3.05, 3.63) is 53.7 Å². The molecule has 0 bridgehead atoms. The molecule has 3 N–H and O–H groups in total. The van der Waals surface area contributed by atoms with Gasteiger partial charge in [0.2, 0.25) is 11.8 Å². The first kappa shape index (κ1) is 15.2. The number of rotatable bonds is 4. The minimum atomic E-state index is -0.973. The Balaban J connectivity index is 1.71. The van der Waals surface area contributed by atoms with Gasteiger partial charge in [0.15, 0.2) is 0 Å². The van der Waals surface area contributed by atoms with Gasteiger partial charge in [-0.3, -0.25) is 9.59 Å². The number of carbonyl (C=O) groups is 2. The molecule has 1 aromatic carbocycles. The van der Waals surface area contributed by atoms with E-state index < -0.39 is 23.7 Å². The van der Waals surface area contributed by atoms with Gasteiger partial charge >= 0.3 is 0 Å². The number of hydrogen-bond donors (Lipinski definition) is 3. The van der Waals surface area contributed by atoms with E-state index in [0.717, 1.165) is 0 Å². The van der Waals surface area contributed by atoms with Crippen LogP contribution in [0, 0.1) is 5.82 Å². The van der Waals surface area contributed by atoms with E-state index in [9.17, 15) is 19.1 Å². The van der Waals surface area contributed by atoms with Crippen molar-refractivity contribution in [2.75, 3.05) is 11.9 Å². The SMILES string of the molecule is O=C1CC(C(=O)NCC(O)c2ccco2)c2ccc(F)cc2N1. The zero-order chi connectivity index (χ0) is 16.4. The number of halogens is 1. The lowest BCUT2D eigenvalue weighted by Gasteiger charge is -2.25. The molecular formula is C16H15FN2O4. The van der Waals surface area contributed by atoms with Gasteiger partial charge in [0.05, 0.1) is 18.7 Å². The van der Waals surface area contributed by atoms with Crippen LogP contribution >= 0.6 is 0 Å². The molecule has 3 rings (SSSR count). The van der Waals surface area contributed by atoms with Crippen molar-refractivity contribution in [1.82, 2.24) is 5.32 Å². The fraction of sp³-hybridized carbons (Fsp3) is 0.250. The van der Waals surface area contributed by atoms with Gasteiger partial charge in [0.1, 0.15) is 17.7 Å². The highest BCUT2D eigenvalue weighted by Gasteiger charge is 2.31. The molecule has 2 unspecified atom stereocenters. The predicted octanol–water partition coefficient (Wildman–Crippen LogP) is 1.69. The average Bonchev–Trinajstić information content (AvgIpc) is 3.05. The number of benzene rings is 1. The Labute approximate surface area is 131 Å². The topological polar surface area (TPSA) is 91.6 Å². The van der Waals surface area contributed by atoms with Crippen molar-refractivity contribution < 1.29 is 23.5 Å². The Morgan fingerprint density at radius 2 is 2.30 bits per heavy atom. The fourth-order valence-electron chi connectivity index (χ4n) is 2.57. The van der Waals surface area contributed by atoms with E-state index in [1.807, 2.05) is 0 Å². The molecule has 6 nitrogen and oxygen atoms in total. The molecule has 2 amide bonds. The summed E-state index contributed by atoms with van der Waals surface area (Å²) < 4.78 is 18.3. The van der Waals surface area contributed by atoms with Gasteiger partial charge in [-0.2, -0.15) is 0 Å². The van der Waals surface area contributed by atoms with E-state index in [1.54, 1.807) is 12.1 Å². The van der Waals surface area contributed by atoms with Crippen molar-refractivity contribution in [1.29, 1.82) is 0 Å². The minimum absolute atomic E-state index is 0.0265. The maximum atomic E-state index is 13.3. The number of anilines is 1. The van der Waals surface area contributed by atoms with Crippen molar-refractivity contribution in [3.8, 4) is 0 Å². The zero-order valence-electron chi connectivity index (χ0n) is 12.1. The van der Waals surface area contributed by atoms with Crippen LogP contribution in [-0.2, 0) is 9.59 Å². The van der Waals surface area contributed by atoms with Crippen LogP contribution in [0.3, 0.4) is 0 Å². The summed E-state index contributed by atoms with van der Waals surface area (Å²) >= 11 is 0. The molecule has 1 aliphatic heterocycles. The Morgan fingerprint density at radius 3 is 3.04 bits per heavy atom. The molecular weight excluding hydrogens is 303 g/mol. The molecule has 0 saturated carbocycles. The third-order valence-corrected chi connectivity index (χ3v) is 3.71. The Hall–Kier alpha value is -2.67. The van der Waals surface area contributed by atoms with Crippen LogP contribution in [0.5, 0.6) is 0 Å². The zero-order valence-corrected chi connectivity index (χ0v) is 12.1. The molecule has 7 heteroatoms. The summed E-state index contributed by atoms with van der Waals surface area (Å²) in [5.41, 5.74) is 0.851. The summed E-state index contributed by atoms with van der Waals surface area (Å²) in [6.45, 7) is -0.0407. The second kappa shape index (κ2) is 6.21. The van der Waals surface area contributed by atoms with Gasteiger partial charge in [0, 0.05) is 12.1 Å². The number of nitrogens with one attached hydrogen (secondary N) is 2. The number of hydrogen-bond acceptors (Lipinski definition) is 4. The third kappa shape index (κ3) is 3.24. The Bertz CT molecular complexity index is 730. The van der Waals surface area contributed by atoms with Crippen molar-refractivity contribution in [2.24, 2.45) is 0 Å². The molecule has 2 aromatic rings. The van der Waals surface area contributed by atoms with Crippen LogP contribution in [0.15, 0.2) is 41.0 Å². The number of fused-ring (bicyclic) bond motifs is 1. The lowest BCUT2D eigenvalue weighted by atomic mass is 9.89. The molecule has 0 fully saturated rings. The van der Waals surface area contributed by atoms with E-state index in [1.165, 1.54) is 24.5 Å². The normalized spacial score (nSPS) is 18.0. The summed E-state index contributed by atoms with van der Waals surface area (Å²) in [6, 6.07) is 7.15. The summed E-state index contributed by atoms with van der Waals surface area (Å²) in [4.78, 5) is 24.0. The van der Waals surface area contributed by atoms with Crippen LogP contribution in [0.1, 0.15) is 29.8 Å². The molecule has 0 saturated heterocycles. The molecule has 0 radical (unpaired) electrons. The lowest BCUT2D eigenvalue weighted by Crippen LogP contribution is -2.36. The number of furan rings is 1. The highest BCUT2D eigenvalue weighted by atomic mass is 19.1. The van der Waals surface area contributed by atoms with Crippen molar-refractivity contribution in [3.63, 3.8) is 0 Å². The highest BCUT2D eigenvalue weighted by Crippen LogP contribution is 2.32. The van der Waals surface area contributed by atoms with E-state index >= 15 is 0 Å². The van der Waals surface area contributed by atoms with Gasteiger partial charge < -0.3 is 20.2 Å². The maximum absolute atomic E-state index is 13.3. The number of aliphatic hydroxyl groups is 1. The molecule has 23 heavy (non-hydrogen) atoms. The second-order valence-corrected chi connectivity index (χ2v) is 5.31. The largest absolute Gasteiger partial charge is 0.467 e. The van der Waals surface area contributed by atoms with Crippen molar-refractivity contribution in [2.45, 2.75) is 18.4 Å². The van der Waals surface area contributed by atoms with Crippen molar-refractivity contribution >= 4 is 17.5 Å². The highest BCUT2D eigenvalue weighted by molar-refractivity contribution is 6.01. The first-order chi connectivity index (χ1) is 11.0. The van der Waals surface area contributed by atoms with Gasteiger partial charge in [-0.05, 0) is 29.8 Å². The third-order valence-electron chi connectivity index (χ3n) is 3.71. The van der Waals surface area contributed by atoms with Crippen LogP contribution in [-0.4, -0.2) is 23.5 Å². The van der Waals surface area contributed by atoms with Gasteiger partial charge in [-0.1, -0.05) is 6.07 Å². The van der Waals surface area contributed by atoms with Crippen LogP contribution < -0.4 is 10.6 Å². The smallest absolute Gasteiger partial charge is 0.228 e. The summed E-state index contributed by atoms with van der Waals surface area (Å²) in [5.74, 6) is -1.62. The summed E-state index contributed by atoms with van der Waals surface area (Å²) in [6.07, 6.45) is 0.428. The molecule has 0 spiro atoms. The summed E-state index contributed by atoms with van der Waals surface area (Å²) in [5, 5.41) is 15.0. The first-order valence-corrected chi connectivity index (χ1v) is 7.13. The lowest BCUT2D eigenvalue weighted by molar-refractivity contribution is -0.126. The number of aliphatic hydroxyl groups excluding tert-OH is 1. The van der Waals surface area contributed by atoms with E-state index in [4.69, 9.17) is 4.42 Å². The van der Waals surface area contributed by atoms with Gasteiger partial charge in [-0.15, -0.1) is 0 Å². The van der Waals surface area contributed by atoms with Gasteiger partial charge in [0.25, 0.3) is 0 Å². The quantitative estimate of drug-likeness (QED) is 0.800. The number of carbonyl (C=O) groups excluding carboxylic acids is 2. The van der Waals surface area contributed by atoms with Crippen LogP contribution in [0.4, 0.5) is 10.1 Å². The minimum Gasteiger partial charge on any atom is -0.467 e. The molecule has 0 aliphatic carbocycles. The Kier molecular flexibility index (Phi) is 4.12. The first-order valence-electron chi connectivity index (χ1n) is 7.13. The maximum Gasteiger partial charge on any atom is 0.228 e. The van der Waals surface area contributed by atoms with Crippen LogP contribution in [0.2, 0.25) is 0 Å². The molecule has 1 aliphatic rings. The van der Waals surface area contributed by atoms with E-state index in [0.29, 0.717) is 17.0 Å². The molecule has 2 heterocycles. The monoisotopic (exact) mass is 318 g/mol.